The second-order valence-electron chi connectivity index (χ2n) is 8.39. The van der Waals surface area contributed by atoms with Crippen molar-refractivity contribution in [2.45, 2.75) is 52.6 Å². The Morgan fingerprint density at radius 1 is 1.31 bits per heavy atom. The molecule has 0 aromatic heterocycles. The third-order valence-corrected chi connectivity index (χ3v) is 6.99. The van der Waals surface area contributed by atoms with Crippen molar-refractivity contribution in [3.63, 3.8) is 0 Å². The van der Waals surface area contributed by atoms with Crippen LogP contribution in [0.5, 0.6) is 0 Å². The fourth-order valence-electron chi connectivity index (χ4n) is 4.90. The van der Waals surface area contributed by atoms with E-state index in [-0.39, 0.29) is 29.4 Å². The molecule has 0 spiro atoms. The van der Waals surface area contributed by atoms with E-state index in [2.05, 4.69) is 26.0 Å². The highest BCUT2D eigenvalue weighted by Crippen LogP contribution is 2.54. The third kappa shape index (κ3) is 2.43. The highest BCUT2D eigenvalue weighted by molar-refractivity contribution is 6.00. The van der Waals surface area contributed by atoms with Gasteiger partial charge in [-0.05, 0) is 43.4 Å². The second-order valence-corrected chi connectivity index (χ2v) is 8.39. The minimum absolute atomic E-state index is 0.0961. The van der Waals surface area contributed by atoms with Gasteiger partial charge in [0.05, 0.1) is 0 Å². The zero-order chi connectivity index (χ0) is 18.6. The van der Waals surface area contributed by atoms with Crippen molar-refractivity contribution < 1.29 is 14.3 Å². The Balaban J connectivity index is 1.60. The van der Waals surface area contributed by atoms with Crippen molar-refractivity contribution >= 4 is 12.0 Å². The molecular formula is C21H28N2O3. The molecule has 0 N–H and O–H groups in total. The maximum Gasteiger partial charge on any atom is 0.410 e. The largest absolute Gasteiger partial charge is 0.445 e. The van der Waals surface area contributed by atoms with Crippen LogP contribution in [0.4, 0.5) is 4.79 Å². The summed E-state index contributed by atoms with van der Waals surface area (Å²) in [6.07, 6.45) is 7.80. The maximum absolute atomic E-state index is 12.5. The molecule has 1 saturated heterocycles. The first kappa shape index (κ1) is 17.4. The Morgan fingerprint density at radius 3 is 2.69 bits per heavy atom. The molecule has 2 heterocycles. The lowest BCUT2D eigenvalue weighted by Gasteiger charge is -2.47. The van der Waals surface area contributed by atoms with Crippen LogP contribution in [0.1, 0.15) is 46.5 Å². The summed E-state index contributed by atoms with van der Waals surface area (Å²) in [5.74, 6) is 0.298. The molecule has 3 atom stereocenters. The molecule has 0 bridgehead atoms. The SMILES string of the molecule is CC1=C2C[C@@]3(C)C(=CC[C@H](OC(=O)N4CCCC4)[C@@H]3C)C=C2N(C)C1=O. The van der Waals surface area contributed by atoms with Gasteiger partial charge in [0.2, 0.25) is 0 Å². The van der Waals surface area contributed by atoms with Gasteiger partial charge < -0.3 is 14.5 Å². The molecule has 5 heteroatoms. The summed E-state index contributed by atoms with van der Waals surface area (Å²) in [4.78, 5) is 28.4. The first-order chi connectivity index (χ1) is 12.3. The van der Waals surface area contributed by atoms with E-state index in [1.165, 1.54) is 5.57 Å². The van der Waals surface area contributed by atoms with Crippen LogP contribution >= 0.6 is 0 Å². The molecule has 5 nitrogen and oxygen atoms in total. The molecule has 4 rings (SSSR count). The topological polar surface area (TPSA) is 49.9 Å². The van der Waals surface area contributed by atoms with E-state index in [4.69, 9.17) is 4.74 Å². The van der Waals surface area contributed by atoms with Gasteiger partial charge in [-0.25, -0.2) is 4.79 Å². The molecule has 0 saturated carbocycles. The number of rotatable bonds is 1. The molecule has 2 aliphatic carbocycles. The molecule has 26 heavy (non-hydrogen) atoms. The third-order valence-electron chi connectivity index (χ3n) is 6.99. The van der Waals surface area contributed by atoms with Crippen LogP contribution < -0.4 is 0 Å². The van der Waals surface area contributed by atoms with E-state index in [0.29, 0.717) is 0 Å². The molecule has 0 unspecified atom stereocenters. The van der Waals surface area contributed by atoms with E-state index in [9.17, 15) is 9.59 Å². The van der Waals surface area contributed by atoms with Crippen LogP contribution in [-0.2, 0) is 9.53 Å². The van der Waals surface area contributed by atoms with Crippen LogP contribution in [0.25, 0.3) is 0 Å². The lowest BCUT2D eigenvalue weighted by Crippen LogP contribution is -2.44. The lowest BCUT2D eigenvalue weighted by molar-refractivity contribution is -0.123. The van der Waals surface area contributed by atoms with E-state index in [0.717, 1.165) is 55.6 Å². The summed E-state index contributed by atoms with van der Waals surface area (Å²) >= 11 is 0. The lowest BCUT2D eigenvalue weighted by atomic mass is 9.60. The number of amides is 2. The van der Waals surface area contributed by atoms with Crippen LogP contribution in [0.2, 0.25) is 0 Å². The molecule has 2 aliphatic heterocycles. The minimum Gasteiger partial charge on any atom is -0.445 e. The number of hydrogen-bond acceptors (Lipinski definition) is 3. The zero-order valence-electron chi connectivity index (χ0n) is 16.2. The van der Waals surface area contributed by atoms with Gasteiger partial charge in [-0.15, -0.1) is 0 Å². The molecule has 1 fully saturated rings. The number of carbonyl (C=O) groups is 2. The summed E-state index contributed by atoms with van der Waals surface area (Å²) in [5, 5.41) is 0. The van der Waals surface area contributed by atoms with E-state index in [1.54, 1.807) is 4.90 Å². The molecule has 0 aromatic carbocycles. The molecule has 140 valence electrons. The van der Waals surface area contributed by atoms with Crippen molar-refractivity contribution in [3.05, 3.63) is 34.6 Å². The highest BCUT2D eigenvalue weighted by atomic mass is 16.6. The molecule has 2 amide bonds. The van der Waals surface area contributed by atoms with Gasteiger partial charge in [-0.2, -0.15) is 0 Å². The van der Waals surface area contributed by atoms with Crippen molar-refractivity contribution in [2.24, 2.45) is 11.3 Å². The fraction of sp³-hybridized carbons (Fsp3) is 0.619. The minimum atomic E-state index is -0.169. The van der Waals surface area contributed by atoms with Gasteiger partial charge in [-0.1, -0.05) is 19.9 Å². The van der Waals surface area contributed by atoms with Crippen molar-refractivity contribution in [1.29, 1.82) is 0 Å². The van der Waals surface area contributed by atoms with E-state index in [1.807, 2.05) is 18.9 Å². The van der Waals surface area contributed by atoms with Crippen LogP contribution in [-0.4, -0.2) is 48.0 Å². The van der Waals surface area contributed by atoms with E-state index >= 15 is 0 Å². The molecule has 0 aromatic rings. The number of ether oxygens (including phenoxy) is 1. The Morgan fingerprint density at radius 2 is 2.00 bits per heavy atom. The second kappa shape index (κ2) is 6.00. The Kier molecular flexibility index (Phi) is 4.01. The maximum atomic E-state index is 12.5. The summed E-state index contributed by atoms with van der Waals surface area (Å²) in [6.45, 7) is 7.97. The number of nitrogens with zero attached hydrogens (tertiary/aromatic N) is 2. The van der Waals surface area contributed by atoms with Crippen LogP contribution in [0, 0.1) is 11.3 Å². The highest BCUT2D eigenvalue weighted by Gasteiger charge is 2.48. The average molecular weight is 356 g/mol. The van der Waals surface area contributed by atoms with Gasteiger partial charge in [0.1, 0.15) is 6.10 Å². The summed E-state index contributed by atoms with van der Waals surface area (Å²) in [6, 6.07) is 0. The standard InChI is InChI=1S/C21H28N2O3/c1-13-16-12-21(3)14(2)18(26-20(25)23-9-5-6-10-23)8-7-15(21)11-17(16)22(4)19(13)24/h7,11,14,18H,5-6,8-10,12H2,1-4H3/t14-,18-,21+/m0/s1. The monoisotopic (exact) mass is 356 g/mol. The first-order valence-corrected chi connectivity index (χ1v) is 9.69. The fourth-order valence-corrected chi connectivity index (χ4v) is 4.90. The quantitative estimate of drug-likeness (QED) is 0.721. The number of allylic oxidation sites excluding steroid dienone is 3. The predicted molar refractivity (Wildman–Crippen MR) is 99.2 cm³/mol. The Labute approximate surface area is 155 Å². The normalized spacial score (nSPS) is 33.8. The van der Waals surface area contributed by atoms with Gasteiger partial charge in [0.25, 0.3) is 5.91 Å². The van der Waals surface area contributed by atoms with Gasteiger partial charge in [0, 0.05) is 49.2 Å². The van der Waals surface area contributed by atoms with Gasteiger partial charge in [-0.3, -0.25) is 4.79 Å². The first-order valence-electron chi connectivity index (χ1n) is 9.69. The summed E-state index contributed by atoms with van der Waals surface area (Å²) in [7, 11) is 1.85. The smallest absolute Gasteiger partial charge is 0.410 e. The van der Waals surface area contributed by atoms with Crippen molar-refractivity contribution in [1.82, 2.24) is 9.80 Å². The van der Waals surface area contributed by atoms with Crippen LogP contribution in [0.15, 0.2) is 34.6 Å². The van der Waals surface area contributed by atoms with Gasteiger partial charge in [0.15, 0.2) is 0 Å². The van der Waals surface area contributed by atoms with Crippen LogP contribution in [0.3, 0.4) is 0 Å². The van der Waals surface area contributed by atoms with Gasteiger partial charge >= 0.3 is 6.09 Å². The number of fused-ring (bicyclic) bond motifs is 2. The number of hydrogen-bond donors (Lipinski definition) is 0. The predicted octanol–water partition coefficient (Wildman–Crippen LogP) is 3.64. The van der Waals surface area contributed by atoms with Crippen molar-refractivity contribution in [3.8, 4) is 0 Å². The molecular weight excluding hydrogens is 328 g/mol. The Hall–Kier alpha value is -2.04. The summed E-state index contributed by atoms with van der Waals surface area (Å²) < 4.78 is 5.91. The molecule has 0 radical (unpaired) electrons. The zero-order valence-corrected chi connectivity index (χ0v) is 16.2. The number of likely N-dealkylation sites (N-methyl/N-ethyl adjacent to an activating group) is 1. The number of carbonyl (C=O) groups excluding carboxylic acids is 2. The Bertz CT molecular complexity index is 757. The number of likely N-dealkylation sites (tertiary alicyclic amines) is 1. The van der Waals surface area contributed by atoms with E-state index < -0.39 is 0 Å². The molecule has 4 aliphatic rings. The summed E-state index contributed by atoms with van der Waals surface area (Å²) in [5.41, 5.74) is 4.19. The van der Waals surface area contributed by atoms with Crippen molar-refractivity contribution in [2.75, 3.05) is 20.1 Å². The average Bonchev–Trinajstić information content (AvgIpc) is 3.22.